The van der Waals surface area contributed by atoms with Gasteiger partial charge in [0.15, 0.2) is 9.35 Å². The van der Waals surface area contributed by atoms with Crippen LogP contribution < -0.4 is 0 Å². The molecule has 1 heterocycles. The van der Waals surface area contributed by atoms with Crippen molar-refractivity contribution in [2.75, 3.05) is 0 Å². The summed E-state index contributed by atoms with van der Waals surface area (Å²) < 4.78 is 13.6. The van der Waals surface area contributed by atoms with Crippen molar-refractivity contribution in [3.8, 4) is 0 Å². The van der Waals surface area contributed by atoms with Crippen LogP contribution in [0.25, 0.3) is 0 Å². The lowest BCUT2D eigenvalue weighted by Gasteiger charge is -2.05. The summed E-state index contributed by atoms with van der Waals surface area (Å²) in [5, 5.41) is 19.0. The molecule has 1 unspecified atom stereocenters. The van der Waals surface area contributed by atoms with Gasteiger partial charge in [-0.05, 0) is 23.3 Å². The molecule has 2 aromatic carbocycles. The van der Waals surface area contributed by atoms with Crippen LogP contribution >= 0.6 is 23.1 Å². The quantitative estimate of drug-likeness (QED) is 0.716. The van der Waals surface area contributed by atoms with Crippen molar-refractivity contribution in [1.82, 2.24) is 10.2 Å². The molecule has 3 aromatic rings. The van der Waals surface area contributed by atoms with Crippen LogP contribution in [0, 0.1) is 5.82 Å². The third-order valence-corrected chi connectivity index (χ3v) is 5.23. The summed E-state index contributed by atoms with van der Waals surface area (Å²) in [5.74, 6) is 0.453. The van der Waals surface area contributed by atoms with E-state index in [1.54, 1.807) is 12.1 Å². The predicted molar refractivity (Wildman–Crippen MR) is 86.4 cm³/mol. The Labute approximate surface area is 135 Å². The van der Waals surface area contributed by atoms with Gasteiger partial charge in [0.05, 0.1) is 0 Å². The number of halogens is 1. The van der Waals surface area contributed by atoms with Crippen LogP contribution in [0.5, 0.6) is 0 Å². The van der Waals surface area contributed by atoms with Crippen LogP contribution in [0.15, 0.2) is 58.9 Å². The van der Waals surface area contributed by atoms with E-state index in [0.717, 1.165) is 15.5 Å². The molecule has 0 radical (unpaired) electrons. The van der Waals surface area contributed by atoms with Crippen molar-refractivity contribution in [3.63, 3.8) is 0 Å². The zero-order chi connectivity index (χ0) is 15.4. The van der Waals surface area contributed by atoms with E-state index >= 15 is 0 Å². The Morgan fingerprint density at radius 3 is 2.50 bits per heavy atom. The van der Waals surface area contributed by atoms with Crippen molar-refractivity contribution >= 4 is 23.1 Å². The van der Waals surface area contributed by atoms with Crippen LogP contribution in [0.3, 0.4) is 0 Å². The first-order valence-electron chi connectivity index (χ1n) is 6.66. The van der Waals surface area contributed by atoms with Gasteiger partial charge >= 0.3 is 0 Å². The Bertz CT molecular complexity index is 731. The molecule has 1 aromatic heterocycles. The lowest BCUT2D eigenvalue weighted by molar-refractivity contribution is 0.219. The fourth-order valence-electron chi connectivity index (χ4n) is 1.89. The molecule has 3 rings (SSSR count). The smallest absolute Gasteiger partial charge is 0.174 e. The summed E-state index contributed by atoms with van der Waals surface area (Å²) in [6, 6.07) is 15.8. The highest BCUT2D eigenvalue weighted by molar-refractivity contribution is 8.00. The van der Waals surface area contributed by atoms with Crippen molar-refractivity contribution in [3.05, 3.63) is 76.5 Å². The molecule has 1 N–H and O–H groups in total. The molecule has 0 aliphatic heterocycles. The number of aliphatic hydroxyl groups excluding tert-OH is 1. The summed E-state index contributed by atoms with van der Waals surface area (Å²) >= 11 is 2.90. The highest BCUT2D eigenvalue weighted by atomic mass is 32.2. The molecule has 0 saturated heterocycles. The van der Waals surface area contributed by atoms with Crippen LogP contribution in [0.4, 0.5) is 4.39 Å². The van der Waals surface area contributed by atoms with Gasteiger partial charge in [0, 0.05) is 5.75 Å². The van der Waals surface area contributed by atoms with Crippen LogP contribution in [-0.2, 0) is 5.75 Å². The molecule has 0 amide bonds. The van der Waals surface area contributed by atoms with Gasteiger partial charge in [-0.2, -0.15) is 0 Å². The van der Waals surface area contributed by atoms with E-state index in [-0.39, 0.29) is 5.82 Å². The van der Waals surface area contributed by atoms with Gasteiger partial charge < -0.3 is 5.11 Å². The molecule has 6 heteroatoms. The third-order valence-electron chi connectivity index (χ3n) is 3.05. The average molecular weight is 332 g/mol. The average Bonchev–Trinajstić information content (AvgIpc) is 3.03. The molecule has 0 aliphatic carbocycles. The number of aliphatic hydroxyl groups is 1. The highest BCUT2D eigenvalue weighted by Gasteiger charge is 2.15. The second-order valence-electron chi connectivity index (χ2n) is 4.63. The SMILES string of the molecule is OC(c1ccccc1)c1nnc(SCc2ccc(F)cc2)s1. The molecule has 3 nitrogen and oxygen atoms in total. The van der Waals surface area contributed by atoms with Gasteiger partial charge in [-0.25, -0.2) is 4.39 Å². The van der Waals surface area contributed by atoms with Gasteiger partial charge in [0.25, 0.3) is 0 Å². The van der Waals surface area contributed by atoms with Crippen molar-refractivity contribution in [2.24, 2.45) is 0 Å². The summed E-state index contributed by atoms with van der Waals surface area (Å²) in [7, 11) is 0. The third kappa shape index (κ3) is 3.71. The molecule has 0 fully saturated rings. The first-order valence-corrected chi connectivity index (χ1v) is 8.46. The molecular weight excluding hydrogens is 319 g/mol. The summed E-state index contributed by atoms with van der Waals surface area (Å²) in [4.78, 5) is 0. The summed E-state index contributed by atoms with van der Waals surface area (Å²) in [6.45, 7) is 0. The molecule has 0 bridgehead atoms. The minimum atomic E-state index is -0.751. The number of aromatic nitrogens is 2. The first-order chi connectivity index (χ1) is 10.7. The monoisotopic (exact) mass is 332 g/mol. The van der Waals surface area contributed by atoms with Gasteiger partial charge in [-0.1, -0.05) is 65.6 Å². The minimum Gasteiger partial charge on any atom is -0.381 e. The molecule has 0 saturated carbocycles. The van der Waals surface area contributed by atoms with Crippen molar-refractivity contribution in [1.29, 1.82) is 0 Å². The van der Waals surface area contributed by atoms with E-state index in [9.17, 15) is 9.50 Å². The Balaban J connectivity index is 1.65. The second kappa shape index (κ2) is 7.00. The Morgan fingerprint density at radius 1 is 1.05 bits per heavy atom. The Morgan fingerprint density at radius 2 is 1.77 bits per heavy atom. The van der Waals surface area contributed by atoms with Gasteiger partial charge in [0.2, 0.25) is 0 Å². The van der Waals surface area contributed by atoms with Gasteiger partial charge in [-0.15, -0.1) is 10.2 Å². The maximum Gasteiger partial charge on any atom is 0.174 e. The number of nitrogens with zero attached hydrogens (tertiary/aromatic N) is 2. The van der Waals surface area contributed by atoms with Crippen molar-refractivity contribution in [2.45, 2.75) is 16.2 Å². The molecule has 0 aliphatic rings. The summed E-state index contributed by atoms with van der Waals surface area (Å²) in [5.41, 5.74) is 1.82. The van der Waals surface area contributed by atoms with E-state index in [1.807, 2.05) is 30.3 Å². The van der Waals surface area contributed by atoms with E-state index in [1.165, 1.54) is 35.2 Å². The topological polar surface area (TPSA) is 46.0 Å². The number of hydrogen-bond donors (Lipinski definition) is 1. The number of hydrogen-bond acceptors (Lipinski definition) is 5. The van der Waals surface area contributed by atoms with Crippen LogP contribution in [0.1, 0.15) is 22.2 Å². The van der Waals surface area contributed by atoms with E-state index < -0.39 is 6.10 Å². The molecule has 1 atom stereocenters. The second-order valence-corrected chi connectivity index (χ2v) is 6.87. The van der Waals surface area contributed by atoms with Gasteiger partial charge in [0.1, 0.15) is 11.9 Å². The molecule has 112 valence electrons. The first kappa shape index (κ1) is 15.1. The molecular formula is C16H13FN2OS2. The predicted octanol–water partition coefficient (Wildman–Crippen LogP) is 4.05. The van der Waals surface area contributed by atoms with E-state index in [4.69, 9.17) is 0 Å². The fourth-order valence-corrected chi connectivity index (χ4v) is 3.73. The number of benzene rings is 2. The maximum absolute atomic E-state index is 12.8. The molecule has 0 spiro atoms. The molecule has 22 heavy (non-hydrogen) atoms. The normalized spacial score (nSPS) is 12.3. The van der Waals surface area contributed by atoms with Crippen molar-refractivity contribution < 1.29 is 9.50 Å². The maximum atomic E-state index is 12.8. The Hall–Kier alpha value is -1.76. The zero-order valence-corrected chi connectivity index (χ0v) is 13.1. The lowest BCUT2D eigenvalue weighted by atomic mass is 10.1. The highest BCUT2D eigenvalue weighted by Crippen LogP contribution is 2.31. The minimum absolute atomic E-state index is 0.238. The fraction of sp³-hybridized carbons (Fsp3) is 0.125. The summed E-state index contributed by atoms with van der Waals surface area (Å²) in [6.07, 6.45) is -0.751. The van der Waals surface area contributed by atoms with E-state index in [2.05, 4.69) is 10.2 Å². The Kier molecular flexibility index (Phi) is 4.82. The lowest BCUT2D eigenvalue weighted by Crippen LogP contribution is -1.98. The van der Waals surface area contributed by atoms with Crippen LogP contribution in [0.2, 0.25) is 0 Å². The number of rotatable bonds is 5. The van der Waals surface area contributed by atoms with E-state index in [0.29, 0.717) is 10.8 Å². The van der Waals surface area contributed by atoms with Gasteiger partial charge in [-0.3, -0.25) is 0 Å². The zero-order valence-electron chi connectivity index (χ0n) is 11.5. The standard InChI is InChI=1S/C16H13FN2OS2/c17-13-8-6-11(7-9-13)10-21-16-19-18-15(22-16)14(20)12-4-2-1-3-5-12/h1-9,14,20H,10H2. The largest absolute Gasteiger partial charge is 0.381 e. The number of thioether (sulfide) groups is 1. The van der Waals surface area contributed by atoms with Crippen LogP contribution in [-0.4, -0.2) is 15.3 Å².